The first kappa shape index (κ1) is 14.0. The van der Waals surface area contributed by atoms with Gasteiger partial charge in [0.25, 0.3) is 0 Å². The predicted molar refractivity (Wildman–Crippen MR) is 82.8 cm³/mol. The summed E-state index contributed by atoms with van der Waals surface area (Å²) in [7, 11) is 4.37. The third kappa shape index (κ3) is 2.29. The summed E-state index contributed by atoms with van der Waals surface area (Å²) in [5, 5.41) is 5.49. The lowest BCUT2D eigenvalue weighted by Gasteiger charge is -2.10. The van der Waals surface area contributed by atoms with E-state index < -0.39 is 0 Å². The number of hydrogen-bond donors (Lipinski definition) is 1. The number of aryl methyl sites for hydroxylation is 3. The molecule has 0 unspecified atom stereocenters. The molecule has 112 valence electrons. The lowest BCUT2D eigenvalue weighted by Crippen LogP contribution is -3.05. The second-order valence-corrected chi connectivity index (χ2v) is 6.04. The van der Waals surface area contributed by atoms with E-state index in [1.165, 1.54) is 16.2 Å². The monoisotopic (exact) mass is 287 g/mol. The van der Waals surface area contributed by atoms with Gasteiger partial charge in [-0.3, -0.25) is 0 Å². The van der Waals surface area contributed by atoms with E-state index in [-0.39, 0.29) is 0 Å². The maximum absolute atomic E-state index is 4.62. The molecule has 0 spiro atoms. The molecule has 0 aliphatic rings. The van der Waals surface area contributed by atoms with Crippen LogP contribution in [0.15, 0.2) is 6.33 Å². The highest BCUT2D eigenvalue weighted by Gasteiger charge is 2.17. The summed E-state index contributed by atoms with van der Waals surface area (Å²) in [4.78, 5) is 10.7. The Bertz CT molecular complexity index is 796. The van der Waals surface area contributed by atoms with E-state index in [0.29, 0.717) is 0 Å². The summed E-state index contributed by atoms with van der Waals surface area (Å²) >= 11 is 0. The number of aromatic nitrogens is 5. The van der Waals surface area contributed by atoms with Crippen LogP contribution in [0.1, 0.15) is 23.5 Å². The van der Waals surface area contributed by atoms with Gasteiger partial charge in [0.05, 0.1) is 26.0 Å². The van der Waals surface area contributed by atoms with Gasteiger partial charge in [-0.2, -0.15) is 5.10 Å². The molecule has 3 aromatic heterocycles. The van der Waals surface area contributed by atoms with Crippen molar-refractivity contribution in [3.8, 4) is 0 Å². The van der Waals surface area contributed by atoms with Gasteiger partial charge in [-0.05, 0) is 26.3 Å². The zero-order valence-electron chi connectivity index (χ0n) is 13.4. The van der Waals surface area contributed by atoms with Crippen LogP contribution in [0.4, 0.5) is 0 Å². The van der Waals surface area contributed by atoms with Crippen LogP contribution in [0.5, 0.6) is 0 Å². The van der Waals surface area contributed by atoms with E-state index in [1.807, 2.05) is 6.92 Å². The fourth-order valence-electron chi connectivity index (χ4n) is 2.90. The summed E-state index contributed by atoms with van der Waals surface area (Å²) in [5.41, 5.74) is 4.47. The number of nitrogens with one attached hydrogen (secondary N) is 1. The largest absolute Gasteiger partial charge is 0.340 e. The first-order chi connectivity index (χ1) is 9.99. The molecule has 0 aliphatic carbocycles. The van der Waals surface area contributed by atoms with E-state index >= 15 is 0 Å². The van der Waals surface area contributed by atoms with Gasteiger partial charge in [0.2, 0.25) is 0 Å². The molecule has 6 heteroatoms. The molecule has 0 saturated heterocycles. The smallest absolute Gasteiger partial charge is 0.168 e. The van der Waals surface area contributed by atoms with Gasteiger partial charge in [-0.15, -0.1) is 0 Å². The summed E-state index contributed by atoms with van der Waals surface area (Å²) < 4.78 is 4.09. The molecule has 0 radical (unpaired) electrons. The molecule has 0 fully saturated rings. The Balaban J connectivity index is 2.12. The van der Waals surface area contributed by atoms with Crippen LogP contribution < -0.4 is 4.90 Å². The minimum absolute atomic E-state index is 0.783. The van der Waals surface area contributed by atoms with Gasteiger partial charge in [0.1, 0.15) is 17.8 Å². The van der Waals surface area contributed by atoms with E-state index in [9.17, 15) is 0 Å². The molecule has 0 bridgehead atoms. The number of quaternary nitrogens is 1. The van der Waals surface area contributed by atoms with E-state index in [4.69, 9.17) is 0 Å². The molecular formula is C15H23N6+. The minimum Gasteiger partial charge on any atom is -0.340 e. The highest BCUT2D eigenvalue weighted by atomic mass is 15.3. The van der Waals surface area contributed by atoms with Crippen molar-refractivity contribution in [2.24, 2.45) is 0 Å². The standard InChI is InChI=1S/C15H22N6/c1-10-11(2)20(8-6-7-19(4)5)14-13(10)15-17-12(3)18-21(15)9-16-14/h9H,6-8H2,1-5H3/p+1. The fraction of sp³-hybridized carbons (Fsp3) is 0.533. The Morgan fingerprint density at radius 3 is 2.62 bits per heavy atom. The van der Waals surface area contributed by atoms with Crippen molar-refractivity contribution in [3.05, 3.63) is 23.4 Å². The van der Waals surface area contributed by atoms with Crippen LogP contribution in [0.2, 0.25) is 0 Å². The molecular weight excluding hydrogens is 264 g/mol. The Hall–Kier alpha value is -1.95. The van der Waals surface area contributed by atoms with Gasteiger partial charge in [-0.25, -0.2) is 14.5 Å². The lowest BCUT2D eigenvalue weighted by molar-refractivity contribution is -0.858. The van der Waals surface area contributed by atoms with Crippen LogP contribution in [0, 0.1) is 20.8 Å². The van der Waals surface area contributed by atoms with Crippen LogP contribution in [-0.4, -0.2) is 44.8 Å². The summed E-state index contributed by atoms with van der Waals surface area (Å²) in [6.07, 6.45) is 2.91. The van der Waals surface area contributed by atoms with Crippen molar-refractivity contribution in [3.63, 3.8) is 0 Å². The second-order valence-electron chi connectivity index (χ2n) is 6.04. The summed E-state index contributed by atoms with van der Waals surface area (Å²) in [5.74, 6) is 0.783. The average molecular weight is 287 g/mol. The van der Waals surface area contributed by atoms with E-state index in [2.05, 4.69) is 47.6 Å². The Kier molecular flexibility index (Phi) is 3.41. The average Bonchev–Trinajstić information content (AvgIpc) is 2.90. The third-order valence-electron chi connectivity index (χ3n) is 4.11. The summed E-state index contributed by atoms with van der Waals surface area (Å²) in [6.45, 7) is 8.39. The normalized spacial score (nSPS) is 12.1. The van der Waals surface area contributed by atoms with Crippen molar-refractivity contribution in [2.45, 2.75) is 33.7 Å². The zero-order valence-corrected chi connectivity index (χ0v) is 13.4. The van der Waals surface area contributed by atoms with Gasteiger partial charge in [-0.1, -0.05) is 0 Å². The first-order valence-corrected chi connectivity index (χ1v) is 7.45. The number of fused-ring (bicyclic) bond motifs is 3. The SMILES string of the molecule is Cc1nc2c3c(C)c(C)n(CCC[NH+](C)C)c3ncn2n1. The molecule has 0 amide bonds. The molecule has 3 aromatic rings. The van der Waals surface area contributed by atoms with Gasteiger partial charge in [0.15, 0.2) is 5.65 Å². The lowest BCUT2D eigenvalue weighted by atomic mass is 10.2. The second kappa shape index (κ2) is 5.11. The minimum atomic E-state index is 0.783. The van der Waals surface area contributed by atoms with Crippen molar-refractivity contribution in [1.82, 2.24) is 24.1 Å². The highest BCUT2D eigenvalue weighted by molar-refractivity contribution is 5.93. The molecule has 0 aliphatic heterocycles. The van der Waals surface area contributed by atoms with Crippen molar-refractivity contribution < 1.29 is 4.90 Å². The molecule has 0 saturated carbocycles. The molecule has 1 N–H and O–H groups in total. The molecule has 3 rings (SSSR count). The maximum atomic E-state index is 4.62. The number of hydrogen-bond acceptors (Lipinski definition) is 3. The third-order valence-corrected chi connectivity index (χ3v) is 4.11. The summed E-state index contributed by atoms with van der Waals surface area (Å²) in [6, 6.07) is 0. The Labute approximate surface area is 124 Å². The molecule has 6 nitrogen and oxygen atoms in total. The molecule has 21 heavy (non-hydrogen) atoms. The van der Waals surface area contributed by atoms with E-state index in [0.717, 1.165) is 42.0 Å². The molecule has 3 heterocycles. The number of rotatable bonds is 4. The number of nitrogens with zero attached hydrogens (tertiary/aromatic N) is 5. The van der Waals surface area contributed by atoms with Crippen molar-refractivity contribution in [2.75, 3.05) is 20.6 Å². The van der Waals surface area contributed by atoms with Crippen LogP contribution >= 0.6 is 0 Å². The highest BCUT2D eigenvalue weighted by Crippen LogP contribution is 2.26. The van der Waals surface area contributed by atoms with Crippen LogP contribution in [0.25, 0.3) is 16.7 Å². The topological polar surface area (TPSA) is 52.5 Å². The fourth-order valence-corrected chi connectivity index (χ4v) is 2.90. The van der Waals surface area contributed by atoms with Crippen molar-refractivity contribution >= 4 is 16.7 Å². The van der Waals surface area contributed by atoms with Crippen LogP contribution in [0.3, 0.4) is 0 Å². The van der Waals surface area contributed by atoms with Crippen LogP contribution in [-0.2, 0) is 6.54 Å². The van der Waals surface area contributed by atoms with Gasteiger partial charge in [0, 0.05) is 18.7 Å². The Morgan fingerprint density at radius 1 is 1.14 bits per heavy atom. The van der Waals surface area contributed by atoms with E-state index in [1.54, 1.807) is 10.8 Å². The quantitative estimate of drug-likeness (QED) is 0.762. The van der Waals surface area contributed by atoms with Crippen molar-refractivity contribution in [1.29, 1.82) is 0 Å². The molecule has 0 atom stereocenters. The Morgan fingerprint density at radius 2 is 1.90 bits per heavy atom. The maximum Gasteiger partial charge on any atom is 0.168 e. The van der Waals surface area contributed by atoms with Gasteiger partial charge < -0.3 is 9.47 Å². The predicted octanol–water partition coefficient (Wildman–Crippen LogP) is 0.539. The zero-order chi connectivity index (χ0) is 15.1. The molecule has 0 aromatic carbocycles. The first-order valence-electron chi connectivity index (χ1n) is 7.45. The van der Waals surface area contributed by atoms with Gasteiger partial charge >= 0.3 is 0 Å².